The van der Waals surface area contributed by atoms with E-state index in [1.54, 1.807) is 6.20 Å². The fourth-order valence-corrected chi connectivity index (χ4v) is 1.09. The van der Waals surface area contributed by atoms with E-state index in [1.165, 1.54) is 0 Å². The maximum absolute atomic E-state index is 6.08. The van der Waals surface area contributed by atoms with Crippen LogP contribution in [0.1, 0.15) is 18.0 Å². The van der Waals surface area contributed by atoms with E-state index in [4.69, 9.17) is 11.6 Å². The van der Waals surface area contributed by atoms with E-state index < -0.39 is 0 Å². The molecule has 0 amide bonds. The third-order valence-corrected chi connectivity index (χ3v) is 2.35. The summed E-state index contributed by atoms with van der Waals surface area (Å²) >= 11 is 6.08. The van der Waals surface area contributed by atoms with Gasteiger partial charge in [0.1, 0.15) is 5.50 Å². The van der Waals surface area contributed by atoms with Crippen LogP contribution in [0, 0.1) is 0 Å². The molecule has 0 aliphatic rings. The zero-order valence-electron chi connectivity index (χ0n) is 7.66. The van der Waals surface area contributed by atoms with Crippen molar-refractivity contribution in [1.29, 1.82) is 0 Å². The second-order valence-corrected chi connectivity index (χ2v) is 3.34. The van der Waals surface area contributed by atoms with E-state index in [1.807, 2.05) is 29.9 Å². The predicted octanol–water partition coefficient (Wildman–Crippen LogP) is 1.70. The van der Waals surface area contributed by atoms with Crippen LogP contribution in [0.2, 0.25) is 0 Å². The van der Waals surface area contributed by atoms with Crippen LogP contribution in [0.25, 0.3) is 0 Å². The van der Waals surface area contributed by atoms with Gasteiger partial charge in [0.05, 0.1) is 6.20 Å². The molecule has 68 valence electrons. The van der Waals surface area contributed by atoms with Gasteiger partial charge in [0.2, 0.25) is 0 Å². The van der Waals surface area contributed by atoms with Gasteiger partial charge in [-0.1, -0.05) is 0 Å². The molecule has 12 heavy (non-hydrogen) atoms. The van der Waals surface area contributed by atoms with Gasteiger partial charge in [0.15, 0.2) is 0 Å². The van der Waals surface area contributed by atoms with Crippen molar-refractivity contribution in [1.82, 2.24) is 14.7 Å². The summed E-state index contributed by atoms with van der Waals surface area (Å²) in [7, 11) is 3.89. The van der Waals surface area contributed by atoms with Crippen molar-refractivity contribution in [3.63, 3.8) is 0 Å². The number of hydrogen-bond acceptors (Lipinski definition) is 2. The number of nitrogens with zero attached hydrogens (tertiary/aromatic N) is 3. The number of aromatic nitrogens is 2. The van der Waals surface area contributed by atoms with Crippen molar-refractivity contribution in [2.45, 2.75) is 19.0 Å². The van der Waals surface area contributed by atoms with Gasteiger partial charge in [0, 0.05) is 18.3 Å². The minimum Gasteiger partial charge on any atom is -0.290 e. The highest BCUT2D eigenvalue weighted by atomic mass is 35.5. The highest BCUT2D eigenvalue weighted by Crippen LogP contribution is 2.21. The van der Waals surface area contributed by atoms with E-state index >= 15 is 0 Å². The van der Waals surface area contributed by atoms with Gasteiger partial charge in [0.25, 0.3) is 0 Å². The standard InChI is InChI=1S/C8H14ClN3/c1-4-12-6-7(5-10-12)8(9)11(2)3/h5-6,8H,4H2,1-3H3. The topological polar surface area (TPSA) is 21.1 Å². The highest BCUT2D eigenvalue weighted by Gasteiger charge is 2.11. The lowest BCUT2D eigenvalue weighted by Crippen LogP contribution is -2.14. The van der Waals surface area contributed by atoms with Crippen LogP contribution >= 0.6 is 11.6 Å². The first-order valence-electron chi connectivity index (χ1n) is 3.98. The second-order valence-electron chi connectivity index (χ2n) is 2.93. The van der Waals surface area contributed by atoms with Crippen LogP contribution in [0.4, 0.5) is 0 Å². The Morgan fingerprint density at radius 2 is 2.33 bits per heavy atom. The third-order valence-electron chi connectivity index (χ3n) is 1.71. The molecule has 0 aliphatic heterocycles. The monoisotopic (exact) mass is 187 g/mol. The molecule has 4 heteroatoms. The first-order valence-corrected chi connectivity index (χ1v) is 4.41. The van der Waals surface area contributed by atoms with Gasteiger partial charge in [-0.15, -0.1) is 11.6 Å². The second kappa shape index (κ2) is 3.92. The minimum atomic E-state index is -0.0784. The van der Waals surface area contributed by atoms with Crippen LogP contribution in [0.15, 0.2) is 12.4 Å². The Bertz CT molecular complexity index is 244. The fourth-order valence-electron chi connectivity index (χ4n) is 0.974. The molecule has 1 unspecified atom stereocenters. The largest absolute Gasteiger partial charge is 0.290 e. The van der Waals surface area contributed by atoms with E-state index in [0.29, 0.717) is 0 Å². The van der Waals surface area contributed by atoms with Crippen LogP contribution in [0.3, 0.4) is 0 Å². The quantitative estimate of drug-likeness (QED) is 0.531. The van der Waals surface area contributed by atoms with Crippen LogP contribution in [-0.2, 0) is 6.54 Å². The Hall–Kier alpha value is -0.540. The van der Waals surface area contributed by atoms with Gasteiger partial charge in [-0.05, 0) is 21.0 Å². The molecule has 3 nitrogen and oxygen atoms in total. The molecule has 0 saturated heterocycles. The van der Waals surface area contributed by atoms with Crippen molar-refractivity contribution in [2.24, 2.45) is 0 Å². The summed E-state index contributed by atoms with van der Waals surface area (Å²) in [6, 6.07) is 0. The summed E-state index contributed by atoms with van der Waals surface area (Å²) in [5.74, 6) is 0. The van der Waals surface area contributed by atoms with Crippen molar-refractivity contribution >= 4 is 11.6 Å². The molecule has 0 aliphatic carbocycles. The minimum absolute atomic E-state index is 0.0784. The molecule has 0 radical (unpaired) electrons. The van der Waals surface area contributed by atoms with Gasteiger partial charge >= 0.3 is 0 Å². The molecule has 0 N–H and O–H groups in total. The lowest BCUT2D eigenvalue weighted by molar-refractivity contribution is 0.384. The molecule has 1 heterocycles. The van der Waals surface area contributed by atoms with Crippen molar-refractivity contribution in [3.05, 3.63) is 18.0 Å². The SMILES string of the molecule is CCn1cc(C(Cl)N(C)C)cn1. The van der Waals surface area contributed by atoms with E-state index in [2.05, 4.69) is 12.0 Å². The van der Waals surface area contributed by atoms with Gasteiger partial charge in [-0.25, -0.2) is 0 Å². The summed E-state index contributed by atoms with van der Waals surface area (Å²) in [6.45, 7) is 2.94. The fraction of sp³-hybridized carbons (Fsp3) is 0.625. The van der Waals surface area contributed by atoms with E-state index in [9.17, 15) is 0 Å². The first-order chi connectivity index (χ1) is 5.65. The Morgan fingerprint density at radius 3 is 2.75 bits per heavy atom. The Morgan fingerprint density at radius 1 is 1.67 bits per heavy atom. The van der Waals surface area contributed by atoms with E-state index in [0.717, 1.165) is 12.1 Å². The molecule has 1 aromatic rings. The molecule has 0 bridgehead atoms. The van der Waals surface area contributed by atoms with Crippen molar-refractivity contribution in [2.75, 3.05) is 14.1 Å². The third kappa shape index (κ3) is 1.99. The van der Waals surface area contributed by atoms with E-state index in [-0.39, 0.29) is 5.50 Å². The lowest BCUT2D eigenvalue weighted by Gasteiger charge is -2.15. The predicted molar refractivity (Wildman–Crippen MR) is 50.2 cm³/mol. The average molecular weight is 188 g/mol. The lowest BCUT2D eigenvalue weighted by atomic mass is 10.3. The highest BCUT2D eigenvalue weighted by molar-refractivity contribution is 6.20. The summed E-state index contributed by atoms with van der Waals surface area (Å²) in [5, 5.41) is 4.14. The Kier molecular flexibility index (Phi) is 3.12. The molecular weight excluding hydrogens is 174 g/mol. The molecule has 0 spiro atoms. The number of aryl methyl sites for hydroxylation is 1. The Labute approximate surface area is 77.9 Å². The first kappa shape index (κ1) is 9.55. The molecule has 1 aromatic heterocycles. The molecule has 0 saturated carbocycles. The van der Waals surface area contributed by atoms with Crippen LogP contribution < -0.4 is 0 Å². The number of halogens is 1. The molecule has 0 aromatic carbocycles. The Balaban J connectivity index is 2.74. The molecule has 1 rings (SSSR count). The average Bonchev–Trinajstić information content (AvgIpc) is 2.50. The number of rotatable bonds is 3. The molecule has 1 atom stereocenters. The smallest absolute Gasteiger partial charge is 0.113 e. The molecular formula is C8H14ClN3. The summed E-state index contributed by atoms with van der Waals surface area (Å²) in [5.41, 5.74) is 0.966. The van der Waals surface area contributed by atoms with Crippen LogP contribution in [-0.4, -0.2) is 28.8 Å². The van der Waals surface area contributed by atoms with Gasteiger partial charge < -0.3 is 0 Å². The summed E-state index contributed by atoms with van der Waals surface area (Å²) < 4.78 is 1.87. The van der Waals surface area contributed by atoms with Crippen LogP contribution in [0.5, 0.6) is 0 Å². The zero-order chi connectivity index (χ0) is 9.14. The van der Waals surface area contributed by atoms with Crippen molar-refractivity contribution < 1.29 is 0 Å². The molecule has 0 fully saturated rings. The normalized spacial score (nSPS) is 13.8. The van der Waals surface area contributed by atoms with Gasteiger partial charge in [-0.2, -0.15) is 5.10 Å². The van der Waals surface area contributed by atoms with Gasteiger partial charge in [-0.3, -0.25) is 9.58 Å². The number of hydrogen-bond donors (Lipinski definition) is 0. The zero-order valence-corrected chi connectivity index (χ0v) is 8.41. The summed E-state index contributed by atoms with van der Waals surface area (Å²) in [4.78, 5) is 1.94. The maximum Gasteiger partial charge on any atom is 0.113 e. The number of alkyl halides is 1. The van der Waals surface area contributed by atoms with Crippen molar-refractivity contribution in [3.8, 4) is 0 Å². The maximum atomic E-state index is 6.08. The summed E-state index contributed by atoms with van der Waals surface area (Å²) in [6.07, 6.45) is 3.78.